The van der Waals surface area contributed by atoms with E-state index in [1.807, 2.05) is 6.07 Å². The van der Waals surface area contributed by atoms with E-state index in [1.54, 1.807) is 35.9 Å². The number of nitrogens with zero attached hydrogens (tertiary/aromatic N) is 3. The third-order valence-corrected chi connectivity index (χ3v) is 7.75. The highest BCUT2D eigenvalue weighted by Crippen LogP contribution is 2.44. The second kappa shape index (κ2) is 13.6. The van der Waals surface area contributed by atoms with Gasteiger partial charge in [-0.2, -0.15) is 18.3 Å². The summed E-state index contributed by atoms with van der Waals surface area (Å²) >= 11 is 0. The number of benzene rings is 3. The van der Waals surface area contributed by atoms with E-state index in [-0.39, 0.29) is 30.8 Å². The molecule has 0 saturated heterocycles. The molecule has 0 radical (unpaired) electrons. The molecule has 0 bridgehead atoms. The maximum Gasteiger partial charge on any atom is 0.416 e. The molecule has 3 aromatic carbocycles. The average Bonchev–Trinajstić information content (AvgIpc) is 3.43. The van der Waals surface area contributed by atoms with Gasteiger partial charge in [-0.25, -0.2) is 9.07 Å². The third-order valence-electron chi connectivity index (χ3n) is 7.75. The van der Waals surface area contributed by atoms with Gasteiger partial charge in [0.25, 0.3) is 11.8 Å². The number of methoxy groups -OCH3 is 1. The number of ether oxygens (including phenoxy) is 1. The Morgan fingerprint density at radius 3 is 2.36 bits per heavy atom. The zero-order valence-electron chi connectivity index (χ0n) is 25.5. The van der Waals surface area contributed by atoms with Crippen molar-refractivity contribution in [2.75, 3.05) is 25.2 Å². The minimum atomic E-state index is -4.69. The number of fused-ring (bicyclic) bond motifs is 1. The number of carbonyl (C=O) groups is 3. The number of amides is 3. The van der Waals surface area contributed by atoms with E-state index in [9.17, 15) is 31.9 Å². The molecule has 1 aliphatic heterocycles. The number of rotatable bonds is 10. The minimum Gasteiger partial charge on any atom is -0.380 e. The van der Waals surface area contributed by atoms with Crippen molar-refractivity contribution >= 4 is 23.5 Å². The Balaban J connectivity index is 1.68. The zero-order chi connectivity index (χ0) is 33.9. The van der Waals surface area contributed by atoms with Crippen LogP contribution in [0.3, 0.4) is 0 Å². The van der Waals surface area contributed by atoms with Crippen molar-refractivity contribution in [1.82, 2.24) is 20.4 Å². The van der Waals surface area contributed by atoms with Gasteiger partial charge in [0.2, 0.25) is 5.91 Å². The smallest absolute Gasteiger partial charge is 0.380 e. The Bertz CT molecular complexity index is 1810. The predicted molar refractivity (Wildman–Crippen MR) is 165 cm³/mol. The molecule has 4 aromatic rings. The summed E-state index contributed by atoms with van der Waals surface area (Å²) in [6.45, 7) is 5.45. The van der Waals surface area contributed by atoms with Crippen molar-refractivity contribution < 1.29 is 36.7 Å². The van der Waals surface area contributed by atoms with Gasteiger partial charge in [0, 0.05) is 36.3 Å². The van der Waals surface area contributed by atoms with E-state index in [2.05, 4.69) is 17.2 Å². The average molecular weight is 650 g/mol. The molecule has 47 heavy (non-hydrogen) atoms. The Kier molecular flexibility index (Phi) is 9.56. The van der Waals surface area contributed by atoms with E-state index in [0.717, 1.165) is 12.1 Å². The molecule has 0 spiro atoms. The van der Waals surface area contributed by atoms with Crippen LogP contribution < -0.4 is 15.5 Å². The van der Waals surface area contributed by atoms with Crippen LogP contribution in [-0.2, 0) is 27.0 Å². The number of anilines is 1. The summed E-state index contributed by atoms with van der Waals surface area (Å²) in [7, 11) is 1.42. The largest absolute Gasteiger partial charge is 0.416 e. The van der Waals surface area contributed by atoms with E-state index < -0.39 is 47.2 Å². The molecule has 0 unspecified atom stereocenters. The van der Waals surface area contributed by atoms with E-state index in [0.29, 0.717) is 34.4 Å². The molecule has 9 nitrogen and oxygen atoms in total. The fraction of sp³-hybridized carbons (Fsp3) is 0.235. The molecule has 0 fully saturated rings. The Labute approximate surface area is 267 Å². The first-order valence-corrected chi connectivity index (χ1v) is 14.6. The first kappa shape index (κ1) is 33.1. The van der Waals surface area contributed by atoms with Gasteiger partial charge >= 0.3 is 6.18 Å². The lowest BCUT2D eigenvalue weighted by molar-refractivity contribution is -0.137. The van der Waals surface area contributed by atoms with Gasteiger partial charge in [0.1, 0.15) is 17.7 Å². The molecule has 2 atom stereocenters. The summed E-state index contributed by atoms with van der Waals surface area (Å²) in [6, 6.07) is 16.8. The van der Waals surface area contributed by atoms with Gasteiger partial charge in [-0.1, -0.05) is 43.0 Å². The van der Waals surface area contributed by atoms with E-state index in [1.165, 1.54) is 42.3 Å². The van der Waals surface area contributed by atoms with Crippen LogP contribution >= 0.6 is 0 Å². The molecule has 0 saturated carbocycles. The first-order chi connectivity index (χ1) is 22.4. The summed E-state index contributed by atoms with van der Waals surface area (Å²) in [6.07, 6.45) is -4.69. The highest BCUT2D eigenvalue weighted by molar-refractivity contribution is 6.05. The van der Waals surface area contributed by atoms with Crippen LogP contribution in [0, 0.1) is 5.82 Å². The summed E-state index contributed by atoms with van der Waals surface area (Å²) in [5.74, 6) is -3.13. The van der Waals surface area contributed by atoms with Crippen molar-refractivity contribution in [3.63, 3.8) is 0 Å². The van der Waals surface area contributed by atoms with Gasteiger partial charge in [-0.3, -0.25) is 19.3 Å². The van der Waals surface area contributed by atoms with Crippen LogP contribution in [0.4, 0.5) is 23.4 Å². The SMILES string of the molecule is C=C(COC)C(=O)NCc1nn(-c2ccccc2)c2c1[C@@H](c1ccc(F)cc1)[C@H](NC(=O)c1cccc(C(F)(F)F)c1)C(=O)N2CC. The Hall–Kier alpha value is -5.30. The van der Waals surface area contributed by atoms with Crippen LogP contribution in [0.5, 0.6) is 0 Å². The van der Waals surface area contributed by atoms with Gasteiger partial charge in [-0.05, 0) is 55.0 Å². The molecule has 244 valence electrons. The predicted octanol–water partition coefficient (Wildman–Crippen LogP) is 5.15. The summed E-state index contributed by atoms with van der Waals surface area (Å²) in [5, 5.41) is 10.2. The minimum absolute atomic E-state index is 0.0115. The molecular formula is C34H31F4N5O4. The van der Waals surface area contributed by atoms with Crippen molar-refractivity contribution in [2.45, 2.75) is 31.6 Å². The second-order valence-electron chi connectivity index (χ2n) is 10.8. The number of para-hydroxylation sites is 1. The van der Waals surface area contributed by atoms with Gasteiger partial charge in [0.05, 0.1) is 30.1 Å². The van der Waals surface area contributed by atoms with Crippen LogP contribution in [0.1, 0.15) is 45.6 Å². The first-order valence-electron chi connectivity index (χ1n) is 14.6. The summed E-state index contributed by atoms with van der Waals surface area (Å²) in [5.41, 5.74) is 0.648. The number of aromatic nitrogens is 2. The second-order valence-corrected chi connectivity index (χ2v) is 10.8. The molecule has 13 heteroatoms. The molecule has 1 aromatic heterocycles. The molecular weight excluding hydrogens is 618 g/mol. The molecule has 5 rings (SSSR count). The van der Waals surface area contributed by atoms with Crippen molar-refractivity contribution in [1.29, 1.82) is 0 Å². The van der Waals surface area contributed by atoms with Crippen molar-refractivity contribution in [3.05, 3.63) is 125 Å². The Morgan fingerprint density at radius 1 is 1.02 bits per heavy atom. The number of hydrogen-bond donors (Lipinski definition) is 2. The molecule has 1 aliphatic rings. The van der Waals surface area contributed by atoms with Gasteiger partial charge < -0.3 is 15.4 Å². The van der Waals surface area contributed by atoms with Gasteiger partial charge in [0.15, 0.2) is 0 Å². The Morgan fingerprint density at radius 2 is 1.72 bits per heavy atom. The number of hydrogen-bond acceptors (Lipinski definition) is 5. The number of halogens is 4. The van der Waals surface area contributed by atoms with E-state index in [4.69, 9.17) is 9.84 Å². The standard InChI is InChI=1S/C34H31F4N5O4/c1-4-42-32-28(26(18-39-30(44)20(2)19-47-3)41-43(32)25-11-6-5-7-12-25)27(21-13-15-24(35)16-14-21)29(33(42)46)40-31(45)22-9-8-10-23(17-22)34(36,37)38/h5-17,27,29H,2,4,18-19H2,1,3H3,(H,39,44)(H,40,45)/t27-,29+/m1/s1. The van der Waals surface area contributed by atoms with Crippen LogP contribution in [-0.4, -0.2) is 53.8 Å². The number of likely N-dealkylation sites (N-methyl/N-ethyl adjacent to an activating group) is 1. The molecule has 0 aliphatic carbocycles. The lowest BCUT2D eigenvalue weighted by Gasteiger charge is -2.38. The lowest BCUT2D eigenvalue weighted by Crippen LogP contribution is -2.55. The molecule has 2 N–H and O–H groups in total. The van der Waals surface area contributed by atoms with Crippen LogP contribution in [0.2, 0.25) is 0 Å². The zero-order valence-corrected chi connectivity index (χ0v) is 25.5. The van der Waals surface area contributed by atoms with Crippen LogP contribution in [0.15, 0.2) is 91.0 Å². The van der Waals surface area contributed by atoms with E-state index >= 15 is 0 Å². The quantitative estimate of drug-likeness (QED) is 0.183. The molecule has 2 heterocycles. The third kappa shape index (κ3) is 6.80. The normalized spacial score (nSPS) is 16.0. The fourth-order valence-electron chi connectivity index (χ4n) is 5.57. The fourth-order valence-corrected chi connectivity index (χ4v) is 5.57. The highest BCUT2D eigenvalue weighted by atomic mass is 19.4. The lowest BCUT2D eigenvalue weighted by atomic mass is 9.80. The summed E-state index contributed by atoms with van der Waals surface area (Å²) < 4.78 is 61.1. The maximum atomic E-state index is 14.3. The topological polar surface area (TPSA) is 106 Å². The molecule has 3 amide bonds. The highest BCUT2D eigenvalue weighted by Gasteiger charge is 2.46. The van der Waals surface area contributed by atoms with Crippen molar-refractivity contribution in [2.24, 2.45) is 0 Å². The summed E-state index contributed by atoms with van der Waals surface area (Å²) in [4.78, 5) is 42.1. The maximum absolute atomic E-state index is 14.3. The van der Waals surface area contributed by atoms with Crippen LogP contribution in [0.25, 0.3) is 5.69 Å². The number of alkyl halides is 3. The number of nitrogens with one attached hydrogen (secondary N) is 2. The monoisotopic (exact) mass is 649 g/mol. The van der Waals surface area contributed by atoms with Crippen molar-refractivity contribution in [3.8, 4) is 5.69 Å². The number of carbonyl (C=O) groups excluding carboxylic acids is 3. The van der Waals surface area contributed by atoms with Gasteiger partial charge in [-0.15, -0.1) is 0 Å².